The molecule has 1 N–H and O–H groups in total. The molecule has 1 aliphatic rings. The third-order valence-electron chi connectivity index (χ3n) is 5.72. The fourth-order valence-electron chi connectivity index (χ4n) is 4.19. The Morgan fingerprint density at radius 2 is 1.53 bits per heavy atom. The van der Waals surface area contributed by atoms with Crippen molar-refractivity contribution in [1.29, 1.82) is 0 Å². The van der Waals surface area contributed by atoms with Crippen molar-refractivity contribution in [2.75, 3.05) is 6.61 Å². The smallest absolute Gasteiger partial charge is 0.332 e. The lowest BCUT2D eigenvalue weighted by Gasteiger charge is -2.45. The summed E-state index contributed by atoms with van der Waals surface area (Å²) >= 11 is 0. The number of rotatable bonds is 6. The lowest BCUT2D eigenvalue weighted by Crippen LogP contribution is -2.62. The van der Waals surface area contributed by atoms with Gasteiger partial charge in [0, 0.05) is 13.0 Å². The summed E-state index contributed by atoms with van der Waals surface area (Å²) in [6, 6.07) is 27.2. The van der Waals surface area contributed by atoms with Gasteiger partial charge in [0.05, 0.1) is 12.6 Å². The first-order valence-corrected chi connectivity index (χ1v) is 12.0. The van der Waals surface area contributed by atoms with Gasteiger partial charge in [-0.15, -0.1) is 0 Å². The molecular weight excluding hydrogens is 424 g/mol. The van der Waals surface area contributed by atoms with Gasteiger partial charge in [-0.05, 0) is 23.6 Å². The highest BCUT2D eigenvalue weighted by atomic mass is 32.2. The normalized spacial score (nSPS) is 22.8. The molecule has 0 spiro atoms. The standard InChI is InChI=1S/C25H26N2O4S/c1-2-31-24(28)25(22-16-10-5-11-17-22)18-23(21-14-8-4-9-15-21)27(32(29,30)26-25)19-20-12-6-3-7-13-20/h3-17,23,26H,2,18-19H2,1H3/t23-,25-/m0/s1. The number of hydrogen-bond acceptors (Lipinski definition) is 4. The predicted molar refractivity (Wildman–Crippen MR) is 123 cm³/mol. The minimum absolute atomic E-state index is 0.152. The van der Waals surface area contributed by atoms with Gasteiger partial charge >= 0.3 is 5.97 Å². The largest absolute Gasteiger partial charge is 0.464 e. The first-order chi connectivity index (χ1) is 15.5. The zero-order chi connectivity index (χ0) is 22.6. The number of ether oxygens (including phenoxy) is 1. The fraction of sp³-hybridized carbons (Fsp3) is 0.240. The number of nitrogens with zero attached hydrogens (tertiary/aromatic N) is 1. The van der Waals surface area contributed by atoms with Crippen LogP contribution in [0.5, 0.6) is 0 Å². The Hall–Kier alpha value is -3.00. The highest BCUT2D eigenvalue weighted by Gasteiger charge is 2.54. The van der Waals surface area contributed by atoms with Crippen LogP contribution in [0.4, 0.5) is 0 Å². The molecule has 3 aromatic rings. The van der Waals surface area contributed by atoms with E-state index < -0.39 is 27.8 Å². The van der Waals surface area contributed by atoms with Gasteiger partial charge in [0.2, 0.25) is 0 Å². The molecule has 166 valence electrons. The molecule has 1 heterocycles. The molecule has 1 saturated heterocycles. The molecule has 32 heavy (non-hydrogen) atoms. The number of carbonyl (C=O) groups excluding carboxylic acids is 1. The molecule has 0 radical (unpaired) electrons. The Labute approximate surface area is 189 Å². The van der Waals surface area contributed by atoms with Crippen molar-refractivity contribution in [2.45, 2.75) is 31.5 Å². The summed E-state index contributed by atoms with van der Waals surface area (Å²) < 4.78 is 36.9. The van der Waals surface area contributed by atoms with Crippen LogP contribution in [0, 0.1) is 0 Å². The maximum atomic E-state index is 13.7. The zero-order valence-electron chi connectivity index (χ0n) is 17.8. The quantitative estimate of drug-likeness (QED) is 0.578. The number of esters is 1. The molecule has 0 saturated carbocycles. The maximum absolute atomic E-state index is 13.7. The Balaban J connectivity index is 1.85. The van der Waals surface area contributed by atoms with Crippen molar-refractivity contribution in [3.8, 4) is 0 Å². The highest BCUT2D eigenvalue weighted by Crippen LogP contribution is 2.43. The van der Waals surface area contributed by atoms with E-state index in [0.29, 0.717) is 5.56 Å². The minimum Gasteiger partial charge on any atom is -0.464 e. The lowest BCUT2D eigenvalue weighted by atomic mass is 9.82. The van der Waals surface area contributed by atoms with Crippen molar-refractivity contribution >= 4 is 16.2 Å². The third-order valence-corrected chi connectivity index (χ3v) is 7.32. The molecule has 6 nitrogen and oxygen atoms in total. The first-order valence-electron chi connectivity index (χ1n) is 10.6. The van der Waals surface area contributed by atoms with Crippen LogP contribution in [0.25, 0.3) is 0 Å². The second-order valence-corrected chi connectivity index (χ2v) is 9.38. The molecular formula is C25H26N2O4S. The van der Waals surface area contributed by atoms with E-state index in [1.165, 1.54) is 4.31 Å². The van der Waals surface area contributed by atoms with Gasteiger partial charge in [-0.25, -0.2) is 4.79 Å². The van der Waals surface area contributed by atoms with E-state index >= 15 is 0 Å². The maximum Gasteiger partial charge on any atom is 0.332 e. The van der Waals surface area contributed by atoms with Gasteiger partial charge < -0.3 is 4.74 Å². The summed E-state index contributed by atoms with van der Waals surface area (Å²) in [5.41, 5.74) is 0.714. The van der Waals surface area contributed by atoms with Gasteiger partial charge in [0.25, 0.3) is 10.2 Å². The highest BCUT2D eigenvalue weighted by molar-refractivity contribution is 7.87. The zero-order valence-corrected chi connectivity index (χ0v) is 18.7. The number of carbonyl (C=O) groups is 1. The molecule has 4 rings (SSSR count). The van der Waals surface area contributed by atoms with Crippen molar-refractivity contribution in [3.05, 3.63) is 108 Å². The van der Waals surface area contributed by atoms with Crippen LogP contribution in [-0.2, 0) is 31.8 Å². The van der Waals surface area contributed by atoms with Crippen LogP contribution in [0.15, 0.2) is 91.0 Å². The van der Waals surface area contributed by atoms with E-state index in [0.717, 1.165) is 11.1 Å². The topological polar surface area (TPSA) is 75.7 Å². The molecule has 0 amide bonds. The molecule has 1 aliphatic heterocycles. The molecule has 0 aromatic heterocycles. The van der Waals surface area contributed by atoms with Gasteiger partial charge in [-0.2, -0.15) is 17.4 Å². The minimum atomic E-state index is -4.06. The second-order valence-electron chi connectivity index (χ2n) is 7.76. The fourth-order valence-corrected chi connectivity index (χ4v) is 5.89. The number of hydrogen-bond donors (Lipinski definition) is 1. The van der Waals surface area contributed by atoms with Crippen LogP contribution < -0.4 is 4.72 Å². The van der Waals surface area contributed by atoms with Gasteiger partial charge in [0.1, 0.15) is 0 Å². The van der Waals surface area contributed by atoms with E-state index in [1.807, 2.05) is 66.7 Å². The van der Waals surface area contributed by atoms with Crippen LogP contribution in [0.2, 0.25) is 0 Å². The van der Waals surface area contributed by atoms with Crippen molar-refractivity contribution in [2.24, 2.45) is 0 Å². The van der Waals surface area contributed by atoms with Crippen molar-refractivity contribution < 1.29 is 17.9 Å². The lowest BCUT2D eigenvalue weighted by molar-refractivity contribution is -0.152. The molecule has 1 fully saturated rings. The molecule has 2 atom stereocenters. The molecule has 0 unspecified atom stereocenters. The van der Waals surface area contributed by atoms with Crippen LogP contribution in [0.3, 0.4) is 0 Å². The summed E-state index contributed by atoms with van der Waals surface area (Å²) in [7, 11) is -4.06. The molecule has 0 bridgehead atoms. The van der Waals surface area contributed by atoms with Crippen LogP contribution >= 0.6 is 0 Å². The SMILES string of the molecule is CCOC(=O)[C@@]1(c2ccccc2)C[C@@H](c2ccccc2)N(Cc2ccccc2)S(=O)(=O)N1. The average Bonchev–Trinajstić information content (AvgIpc) is 2.82. The Bertz CT molecular complexity index is 1150. The predicted octanol–water partition coefficient (Wildman–Crippen LogP) is 3.93. The molecule has 7 heteroatoms. The van der Waals surface area contributed by atoms with E-state index in [-0.39, 0.29) is 19.6 Å². The Kier molecular flexibility index (Phi) is 6.41. The Morgan fingerprint density at radius 1 is 0.969 bits per heavy atom. The summed E-state index contributed by atoms with van der Waals surface area (Å²) in [6.45, 7) is 2.05. The van der Waals surface area contributed by atoms with Crippen LogP contribution in [-0.4, -0.2) is 25.3 Å². The molecule has 0 aliphatic carbocycles. The van der Waals surface area contributed by atoms with Gasteiger partial charge in [-0.3, -0.25) is 0 Å². The second kappa shape index (κ2) is 9.24. The third kappa shape index (κ3) is 4.32. The van der Waals surface area contributed by atoms with Gasteiger partial charge in [-0.1, -0.05) is 91.0 Å². The van der Waals surface area contributed by atoms with Crippen molar-refractivity contribution in [1.82, 2.24) is 9.03 Å². The van der Waals surface area contributed by atoms with E-state index in [4.69, 9.17) is 4.74 Å². The van der Waals surface area contributed by atoms with E-state index in [9.17, 15) is 13.2 Å². The van der Waals surface area contributed by atoms with Gasteiger partial charge in [0.15, 0.2) is 5.54 Å². The average molecular weight is 451 g/mol. The van der Waals surface area contributed by atoms with E-state index in [1.54, 1.807) is 31.2 Å². The number of benzene rings is 3. The van der Waals surface area contributed by atoms with E-state index in [2.05, 4.69) is 4.72 Å². The summed E-state index contributed by atoms with van der Waals surface area (Å²) in [5.74, 6) is -0.602. The summed E-state index contributed by atoms with van der Waals surface area (Å²) in [4.78, 5) is 13.3. The van der Waals surface area contributed by atoms with Crippen LogP contribution in [0.1, 0.15) is 36.1 Å². The monoisotopic (exact) mass is 450 g/mol. The summed E-state index contributed by atoms with van der Waals surface area (Å²) in [6.07, 6.45) is 0.200. The van der Waals surface area contributed by atoms with Crippen molar-refractivity contribution in [3.63, 3.8) is 0 Å². The Morgan fingerprint density at radius 3 is 2.12 bits per heavy atom. The number of nitrogens with one attached hydrogen (secondary N) is 1. The molecule has 3 aromatic carbocycles. The first kappa shape index (κ1) is 22.2. The summed E-state index contributed by atoms with van der Waals surface area (Å²) in [5, 5.41) is 0.